The minimum Gasteiger partial charge on any atom is -0.377 e. The molecule has 1 spiro atoms. The van der Waals surface area contributed by atoms with Crippen molar-refractivity contribution in [3.05, 3.63) is 0 Å². The molecule has 2 aliphatic heterocycles. The summed E-state index contributed by atoms with van der Waals surface area (Å²) in [5.74, 6) is 0. The molecule has 0 saturated carbocycles. The van der Waals surface area contributed by atoms with Crippen LogP contribution in [0.2, 0.25) is 0 Å². The van der Waals surface area contributed by atoms with Crippen molar-refractivity contribution in [2.45, 2.75) is 5.60 Å². The van der Waals surface area contributed by atoms with Gasteiger partial charge in [0.2, 0.25) is 10.0 Å². The maximum Gasteiger partial charge on any atom is 0.211 e. The second-order valence-electron chi connectivity index (χ2n) is 4.36. The lowest BCUT2D eigenvalue weighted by Gasteiger charge is -2.38. The zero-order chi connectivity index (χ0) is 11.6. The van der Waals surface area contributed by atoms with Gasteiger partial charge < -0.3 is 14.8 Å². The van der Waals surface area contributed by atoms with E-state index in [0.717, 1.165) is 6.54 Å². The number of hydrogen-bond donors (Lipinski definition) is 1. The Hall–Kier alpha value is -0.210. The molecule has 1 unspecified atom stereocenters. The minimum absolute atomic E-state index is 0.374. The molecule has 94 valence electrons. The molecule has 0 bridgehead atoms. The van der Waals surface area contributed by atoms with E-state index in [1.54, 1.807) is 0 Å². The zero-order valence-corrected chi connectivity index (χ0v) is 10.3. The van der Waals surface area contributed by atoms with Crippen molar-refractivity contribution in [1.82, 2.24) is 9.62 Å². The van der Waals surface area contributed by atoms with Crippen LogP contribution in [0.15, 0.2) is 0 Å². The average Bonchev–Trinajstić information content (AvgIpc) is 2.42. The summed E-state index contributed by atoms with van der Waals surface area (Å²) in [4.78, 5) is 0. The average molecular weight is 250 g/mol. The summed E-state index contributed by atoms with van der Waals surface area (Å²) in [6, 6.07) is 0. The van der Waals surface area contributed by atoms with Crippen LogP contribution in [0.3, 0.4) is 0 Å². The van der Waals surface area contributed by atoms with Crippen LogP contribution in [0.4, 0.5) is 0 Å². The van der Waals surface area contributed by atoms with Crippen LogP contribution < -0.4 is 5.32 Å². The van der Waals surface area contributed by atoms with Crippen molar-refractivity contribution in [2.24, 2.45) is 0 Å². The lowest BCUT2D eigenvalue weighted by Crippen LogP contribution is -2.58. The topological polar surface area (TPSA) is 67.9 Å². The van der Waals surface area contributed by atoms with Crippen LogP contribution in [0.1, 0.15) is 0 Å². The molecular weight excluding hydrogens is 232 g/mol. The van der Waals surface area contributed by atoms with E-state index in [4.69, 9.17) is 9.47 Å². The quantitative estimate of drug-likeness (QED) is 0.622. The summed E-state index contributed by atoms with van der Waals surface area (Å²) in [5.41, 5.74) is -0.516. The van der Waals surface area contributed by atoms with E-state index in [2.05, 4.69) is 5.32 Å². The molecule has 6 nitrogen and oxygen atoms in total. The molecule has 16 heavy (non-hydrogen) atoms. The highest BCUT2D eigenvalue weighted by Crippen LogP contribution is 2.20. The largest absolute Gasteiger partial charge is 0.377 e. The van der Waals surface area contributed by atoms with Gasteiger partial charge in [0.05, 0.1) is 26.1 Å². The van der Waals surface area contributed by atoms with Gasteiger partial charge in [-0.2, -0.15) is 4.31 Å². The first-order valence-corrected chi connectivity index (χ1v) is 7.24. The summed E-state index contributed by atoms with van der Waals surface area (Å²) in [6.45, 7) is 3.70. The molecule has 7 heteroatoms. The Labute approximate surface area is 95.9 Å². The number of hydrogen-bond acceptors (Lipinski definition) is 5. The summed E-state index contributed by atoms with van der Waals surface area (Å²) in [6.07, 6.45) is 1.22. The first-order valence-electron chi connectivity index (χ1n) is 5.39. The normalized spacial score (nSPS) is 33.8. The molecule has 0 aromatic carbocycles. The molecule has 2 fully saturated rings. The fourth-order valence-corrected chi connectivity index (χ4v) is 2.93. The molecule has 0 aliphatic carbocycles. The Morgan fingerprint density at radius 3 is 2.81 bits per heavy atom. The van der Waals surface area contributed by atoms with Crippen molar-refractivity contribution in [3.8, 4) is 0 Å². The molecule has 0 aromatic rings. The van der Waals surface area contributed by atoms with Gasteiger partial charge in [0.1, 0.15) is 5.60 Å². The van der Waals surface area contributed by atoms with Crippen LogP contribution in [-0.2, 0) is 19.5 Å². The van der Waals surface area contributed by atoms with E-state index in [0.29, 0.717) is 39.5 Å². The number of ether oxygens (including phenoxy) is 2. The molecule has 2 rings (SSSR count). The van der Waals surface area contributed by atoms with Crippen LogP contribution in [0.5, 0.6) is 0 Å². The Morgan fingerprint density at radius 1 is 1.38 bits per heavy atom. The highest BCUT2D eigenvalue weighted by atomic mass is 32.2. The Bertz CT molecular complexity index is 337. The minimum atomic E-state index is -3.18. The number of nitrogens with zero attached hydrogens (tertiary/aromatic N) is 1. The van der Waals surface area contributed by atoms with Gasteiger partial charge >= 0.3 is 0 Å². The number of rotatable bonds is 1. The van der Waals surface area contributed by atoms with Gasteiger partial charge in [-0.3, -0.25) is 0 Å². The van der Waals surface area contributed by atoms with Gasteiger partial charge in [-0.1, -0.05) is 0 Å². The predicted octanol–water partition coefficient (Wildman–Crippen LogP) is -1.36. The van der Waals surface area contributed by atoms with E-state index < -0.39 is 15.6 Å². The van der Waals surface area contributed by atoms with Crippen molar-refractivity contribution in [3.63, 3.8) is 0 Å². The number of nitrogens with one attached hydrogen (secondary N) is 1. The van der Waals surface area contributed by atoms with Crippen molar-refractivity contribution >= 4 is 10.0 Å². The van der Waals surface area contributed by atoms with E-state index in [9.17, 15) is 8.42 Å². The maximum absolute atomic E-state index is 11.6. The first kappa shape index (κ1) is 12.3. The van der Waals surface area contributed by atoms with Gasteiger partial charge in [-0.05, 0) is 0 Å². The molecular formula is C9H18N2O4S. The maximum atomic E-state index is 11.6. The summed E-state index contributed by atoms with van der Waals surface area (Å²) in [7, 11) is -3.18. The third kappa shape index (κ3) is 2.72. The molecule has 2 aliphatic rings. The van der Waals surface area contributed by atoms with E-state index in [-0.39, 0.29) is 0 Å². The summed E-state index contributed by atoms with van der Waals surface area (Å²) < 4.78 is 35.7. The van der Waals surface area contributed by atoms with Gasteiger partial charge in [0.15, 0.2) is 0 Å². The smallest absolute Gasteiger partial charge is 0.211 e. The second kappa shape index (κ2) is 4.58. The lowest BCUT2D eigenvalue weighted by atomic mass is 10.0. The van der Waals surface area contributed by atoms with Crippen LogP contribution in [0.25, 0.3) is 0 Å². The van der Waals surface area contributed by atoms with Gasteiger partial charge in [-0.15, -0.1) is 0 Å². The Kier molecular flexibility index (Phi) is 3.50. The zero-order valence-electron chi connectivity index (χ0n) is 9.44. The number of sulfonamides is 1. The van der Waals surface area contributed by atoms with Gasteiger partial charge in [0, 0.05) is 26.2 Å². The standard InChI is InChI=1S/C9H18N2O4S/c1-16(12,13)11-3-5-14-8-9(7-11)6-10-2-4-15-9/h10H,2-8H2,1H3. The van der Waals surface area contributed by atoms with E-state index in [1.165, 1.54) is 10.6 Å². The molecule has 1 atom stereocenters. The van der Waals surface area contributed by atoms with E-state index >= 15 is 0 Å². The highest BCUT2D eigenvalue weighted by Gasteiger charge is 2.39. The lowest BCUT2D eigenvalue weighted by molar-refractivity contribution is -0.103. The van der Waals surface area contributed by atoms with Crippen molar-refractivity contribution in [1.29, 1.82) is 0 Å². The third-order valence-electron chi connectivity index (χ3n) is 2.92. The molecule has 0 amide bonds. The molecule has 0 aromatic heterocycles. The molecule has 0 radical (unpaired) electrons. The van der Waals surface area contributed by atoms with Gasteiger partial charge in [-0.25, -0.2) is 8.42 Å². The number of morpholine rings is 1. The molecule has 2 saturated heterocycles. The van der Waals surface area contributed by atoms with Crippen LogP contribution in [0, 0.1) is 0 Å². The van der Waals surface area contributed by atoms with Crippen molar-refractivity contribution in [2.75, 3.05) is 52.3 Å². The van der Waals surface area contributed by atoms with E-state index in [1.807, 2.05) is 0 Å². The van der Waals surface area contributed by atoms with Crippen LogP contribution >= 0.6 is 0 Å². The van der Waals surface area contributed by atoms with Crippen LogP contribution in [-0.4, -0.2) is 70.6 Å². The predicted molar refractivity (Wildman–Crippen MR) is 58.8 cm³/mol. The highest BCUT2D eigenvalue weighted by molar-refractivity contribution is 7.88. The Balaban J connectivity index is 2.14. The van der Waals surface area contributed by atoms with Gasteiger partial charge in [0.25, 0.3) is 0 Å². The fraction of sp³-hybridized carbons (Fsp3) is 1.00. The Morgan fingerprint density at radius 2 is 2.19 bits per heavy atom. The molecule has 1 N–H and O–H groups in total. The summed E-state index contributed by atoms with van der Waals surface area (Å²) >= 11 is 0. The third-order valence-corrected chi connectivity index (χ3v) is 4.17. The first-order chi connectivity index (χ1) is 7.52. The fourth-order valence-electron chi connectivity index (χ4n) is 2.05. The SMILES string of the molecule is CS(=O)(=O)N1CCOCC2(CNCCO2)C1. The summed E-state index contributed by atoms with van der Waals surface area (Å²) in [5, 5.41) is 3.22. The monoisotopic (exact) mass is 250 g/mol. The molecule has 2 heterocycles. The second-order valence-corrected chi connectivity index (χ2v) is 6.34. The van der Waals surface area contributed by atoms with Crippen molar-refractivity contribution < 1.29 is 17.9 Å².